The van der Waals surface area contributed by atoms with Gasteiger partial charge in [-0.2, -0.15) is 0 Å². The van der Waals surface area contributed by atoms with Gasteiger partial charge in [0.05, 0.1) is 9.79 Å². The van der Waals surface area contributed by atoms with Crippen LogP contribution in [-0.4, -0.2) is 15.5 Å². The van der Waals surface area contributed by atoms with E-state index in [-0.39, 0.29) is 0 Å². The standard InChI is InChI=1S/C16H16O2S.CH5N/c17-19(18,15-8-2-1-3-9-15)16-11-10-13-6-4-5-7-14(13)12-16;1-2/h1-3,8-12H,4-7H2;2H2,1H3. The molecule has 0 spiro atoms. The third-order valence-electron chi connectivity index (χ3n) is 3.68. The van der Waals surface area contributed by atoms with Crippen LogP contribution in [-0.2, 0) is 22.7 Å². The van der Waals surface area contributed by atoms with Crippen molar-refractivity contribution in [3.63, 3.8) is 0 Å². The van der Waals surface area contributed by atoms with Crippen LogP contribution in [0.2, 0.25) is 0 Å². The Hall–Kier alpha value is -1.65. The molecule has 2 aromatic rings. The summed E-state index contributed by atoms with van der Waals surface area (Å²) < 4.78 is 25.0. The van der Waals surface area contributed by atoms with Gasteiger partial charge in [-0.1, -0.05) is 24.3 Å². The van der Waals surface area contributed by atoms with Crippen LogP contribution < -0.4 is 5.73 Å². The molecule has 4 heteroatoms. The molecule has 0 radical (unpaired) electrons. The third-order valence-corrected chi connectivity index (χ3v) is 5.45. The van der Waals surface area contributed by atoms with E-state index in [4.69, 9.17) is 0 Å². The molecule has 0 heterocycles. The number of fused-ring (bicyclic) bond motifs is 1. The second kappa shape index (κ2) is 6.87. The van der Waals surface area contributed by atoms with Gasteiger partial charge < -0.3 is 5.73 Å². The average Bonchev–Trinajstić information content (AvgIpc) is 2.57. The molecule has 0 aromatic heterocycles. The summed E-state index contributed by atoms with van der Waals surface area (Å²) in [5.41, 5.74) is 7.00. The van der Waals surface area contributed by atoms with E-state index in [0.717, 1.165) is 19.3 Å². The van der Waals surface area contributed by atoms with Gasteiger partial charge in [-0.25, -0.2) is 8.42 Å². The van der Waals surface area contributed by atoms with Gasteiger partial charge in [0.2, 0.25) is 9.84 Å². The van der Waals surface area contributed by atoms with Crippen LogP contribution in [0.1, 0.15) is 24.0 Å². The lowest BCUT2D eigenvalue weighted by Crippen LogP contribution is -2.07. The van der Waals surface area contributed by atoms with Crippen molar-refractivity contribution in [3.05, 3.63) is 59.7 Å². The van der Waals surface area contributed by atoms with Crippen molar-refractivity contribution in [2.75, 3.05) is 7.05 Å². The molecule has 2 aromatic carbocycles. The van der Waals surface area contributed by atoms with Gasteiger partial charge in [-0.3, -0.25) is 0 Å². The lowest BCUT2D eigenvalue weighted by atomic mass is 9.92. The van der Waals surface area contributed by atoms with Crippen molar-refractivity contribution in [2.45, 2.75) is 35.5 Å². The van der Waals surface area contributed by atoms with Crippen LogP contribution in [0, 0.1) is 0 Å². The number of hydrogen-bond donors (Lipinski definition) is 1. The molecule has 0 amide bonds. The molecular weight excluding hydrogens is 282 g/mol. The highest BCUT2D eigenvalue weighted by molar-refractivity contribution is 7.91. The molecule has 1 aliphatic rings. The van der Waals surface area contributed by atoms with Crippen LogP contribution in [0.15, 0.2) is 58.3 Å². The molecule has 3 nitrogen and oxygen atoms in total. The number of sulfone groups is 1. The summed E-state index contributed by atoms with van der Waals surface area (Å²) in [4.78, 5) is 0.783. The lowest BCUT2D eigenvalue weighted by molar-refractivity contribution is 0.595. The maximum Gasteiger partial charge on any atom is 0.206 e. The Morgan fingerprint density at radius 3 is 2.10 bits per heavy atom. The van der Waals surface area contributed by atoms with Crippen LogP contribution in [0.3, 0.4) is 0 Å². The van der Waals surface area contributed by atoms with E-state index in [1.807, 2.05) is 18.2 Å². The van der Waals surface area contributed by atoms with Gasteiger partial charge >= 0.3 is 0 Å². The maximum absolute atomic E-state index is 12.5. The Morgan fingerprint density at radius 1 is 0.810 bits per heavy atom. The number of hydrogen-bond acceptors (Lipinski definition) is 3. The minimum Gasteiger partial charge on any atom is -0.333 e. The largest absolute Gasteiger partial charge is 0.333 e. The van der Waals surface area contributed by atoms with Crippen molar-refractivity contribution in [1.29, 1.82) is 0 Å². The van der Waals surface area contributed by atoms with E-state index in [1.54, 1.807) is 30.3 Å². The zero-order valence-corrected chi connectivity index (χ0v) is 13.1. The van der Waals surface area contributed by atoms with Gasteiger partial charge in [0, 0.05) is 0 Å². The predicted molar refractivity (Wildman–Crippen MR) is 85.1 cm³/mol. The molecule has 2 N–H and O–H groups in total. The first-order valence-electron chi connectivity index (χ1n) is 7.17. The quantitative estimate of drug-likeness (QED) is 0.928. The van der Waals surface area contributed by atoms with E-state index in [2.05, 4.69) is 5.73 Å². The SMILES string of the molecule is CN.O=S(=O)(c1ccccc1)c1ccc2c(c1)CCCC2. The molecular formula is C17H21NO2S. The Morgan fingerprint density at radius 2 is 1.43 bits per heavy atom. The van der Waals surface area contributed by atoms with E-state index >= 15 is 0 Å². The van der Waals surface area contributed by atoms with E-state index in [9.17, 15) is 8.42 Å². The summed E-state index contributed by atoms with van der Waals surface area (Å²) in [5.74, 6) is 0. The number of rotatable bonds is 2. The van der Waals surface area contributed by atoms with Crippen molar-refractivity contribution >= 4 is 9.84 Å². The van der Waals surface area contributed by atoms with Crippen molar-refractivity contribution < 1.29 is 8.42 Å². The highest BCUT2D eigenvalue weighted by Crippen LogP contribution is 2.27. The van der Waals surface area contributed by atoms with Crippen molar-refractivity contribution in [3.8, 4) is 0 Å². The molecule has 3 rings (SSSR count). The van der Waals surface area contributed by atoms with Gasteiger partial charge in [-0.15, -0.1) is 0 Å². The zero-order chi connectivity index (χ0) is 15.3. The maximum atomic E-state index is 12.5. The molecule has 0 saturated heterocycles. The second-order valence-electron chi connectivity index (χ2n) is 4.95. The second-order valence-corrected chi connectivity index (χ2v) is 6.90. The molecule has 0 bridgehead atoms. The summed E-state index contributed by atoms with van der Waals surface area (Å²) in [6, 6.07) is 14.2. The van der Waals surface area contributed by atoms with E-state index in [1.165, 1.54) is 24.6 Å². The Bertz CT molecular complexity index is 694. The summed E-state index contributed by atoms with van der Waals surface area (Å²) in [5, 5.41) is 0. The fourth-order valence-electron chi connectivity index (χ4n) is 2.61. The number of nitrogens with two attached hydrogens (primary N) is 1. The number of aryl methyl sites for hydroxylation is 2. The summed E-state index contributed by atoms with van der Waals surface area (Å²) in [6.07, 6.45) is 4.42. The summed E-state index contributed by atoms with van der Waals surface area (Å²) in [7, 11) is -1.87. The van der Waals surface area contributed by atoms with E-state index < -0.39 is 9.84 Å². The normalized spacial score (nSPS) is 13.8. The molecule has 0 aliphatic heterocycles. The van der Waals surface area contributed by atoms with Gasteiger partial charge in [0.1, 0.15) is 0 Å². The third kappa shape index (κ3) is 3.34. The molecule has 0 unspecified atom stereocenters. The Labute approximate surface area is 126 Å². The molecule has 1 aliphatic carbocycles. The summed E-state index contributed by atoms with van der Waals surface area (Å²) >= 11 is 0. The Kier molecular flexibility index (Phi) is 5.15. The Balaban J connectivity index is 0.000000774. The first-order chi connectivity index (χ1) is 10.2. The fraction of sp³-hybridized carbons (Fsp3) is 0.294. The van der Waals surface area contributed by atoms with Gasteiger partial charge in [0.25, 0.3) is 0 Å². The molecule has 0 saturated carbocycles. The predicted octanol–water partition coefficient (Wildman–Crippen LogP) is 2.97. The van der Waals surface area contributed by atoms with Crippen molar-refractivity contribution in [1.82, 2.24) is 0 Å². The zero-order valence-electron chi connectivity index (χ0n) is 12.2. The van der Waals surface area contributed by atoms with Crippen LogP contribution in [0.25, 0.3) is 0 Å². The fourth-order valence-corrected chi connectivity index (χ4v) is 3.94. The first-order valence-corrected chi connectivity index (χ1v) is 8.66. The summed E-state index contributed by atoms with van der Waals surface area (Å²) in [6.45, 7) is 0. The van der Waals surface area contributed by atoms with Crippen LogP contribution in [0.4, 0.5) is 0 Å². The minimum absolute atomic E-state index is 0.366. The molecule has 21 heavy (non-hydrogen) atoms. The van der Waals surface area contributed by atoms with Crippen LogP contribution >= 0.6 is 0 Å². The van der Waals surface area contributed by atoms with Crippen molar-refractivity contribution in [2.24, 2.45) is 5.73 Å². The van der Waals surface area contributed by atoms with E-state index in [0.29, 0.717) is 9.79 Å². The molecule has 0 atom stereocenters. The highest BCUT2D eigenvalue weighted by Gasteiger charge is 2.19. The number of benzene rings is 2. The molecule has 0 fully saturated rings. The topological polar surface area (TPSA) is 60.2 Å². The first kappa shape index (κ1) is 15.7. The van der Waals surface area contributed by atoms with Crippen LogP contribution in [0.5, 0.6) is 0 Å². The van der Waals surface area contributed by atoms with Gasteiger partial charge in [-0.05, 0) is 68.1 Å². The molecule has 112 valence electrons. The van der Waals surface area contributed by atoms with Gasteiger partial charge in [0.15, 0.2) is 0 Å². The smallest absolute Gasteiger partial charge is 0.206 e. The lowest BCUT2D eigenvalue weighted by Gasteiger charge is -2.16. The highest BCUT2D eigenvalue weighted by atomic mass is 32.2. The minimum atomic E-state index is -3.37. The monoisotopic (exact) mass is 303 g/mol. The average molecular weight is 303 g/mol.